The van der Waals surface area contributed by atoms with Crippen LogP contribution in [0.15, 0.2) is 18.7 Å². The summed E-state index contributed by atoms with van der Waals surface area (Å²) in [5.74, 6) is 0. The van der Waals surface area contributed by atoms with Gasteiger partial charge in [0.05, 0.1) is 0 Å². The molecular weight excluding hydrogens is 220 g/mol. The summed E-state index contributed by atoms with van der Waals surface area (Å²) in [7, 11) is 2.18. The molecule has 18 heavy (non-hydrogen) atoms. The molecule has 0 unspecified atom stereocenters. The van der Waals surface area contributed by atoms with Crippen LogP contribution in [0.5, 0.6) is 0 Å². The first-order valence-electron chi connectivity index (χ1n) is 6.70. The lowest BCUT2D eigenvalue weighted by atomic mass is 9.96. The zero-order valence-electron chi connectivity index (χ0n) is 12.1. The number of nitrogens with zero attached hydrogens (tertiary/aromatic N) is 2. The molecule has 0 saturated carbocycles. The van der Waals surface area contributed by atoms with Crippen molar-refractivity contribution >= 4 is 5.70 Å². The minimum atomic E-state index is 1.09. The Morgan fingerprint density at radius 2 is 1.61 bits per heavy atom. The summed E-state index contributed by atoms with van der Waals surface area (Å²) in [5.41, 5.74) is 6.62. The average molecular weight is 244 g/mol. The molecule has 0 atom stereocenters. The number of rotatable bonds is 2. The largest absolute Gasteiger partial charge is 0.369 e. The van der Waals surface area contributed by atoms with E-state index < -0.39 is 0 Å². The third-order valence-electron chi connectivity index (χ3n) is 4.25. The van der Waals surface area contributed by atoms with Gasteiger partial charge < -0.3 is 9.80 Å². The SMILES string of the molecule is C=C(c1ccc(C)c(C)c1C)N1CCN(C)CC1. The van der Waals surface area contributed by atoms with Crippen molar-refractivity contribution in [1.82, 2.24) is 9.80 Å². The topological polar surface area (TPSA) is 6.48 Å². The minimum Gasteiger partial charge on any atom is -0.369 e. The number of aryl methyl sites for hydroxylation is 1. The van der Waals surface area contributed by atoms with E-state index in [4.69, 9.17) is 0 Å². The van der Waals surface area contributed by atoms with Crippen molar-refractivity contribution < 1.29 is 0 Å². The number of piperazine rings is 1. The van der Waals surface area contributed by atoms with Gasteiger partial charge in [0.1, 0.15) is 0 Å². The van der Waals surface area contributed by atoms with Gasteiger partial charge in [-0.25, -0.2) is 0 Å². The van der Waals surface area contributed by atoms with Crippen molar-refractivity contribution in [2.24, 2.45) is 0 Å². The highest BCUT2D eigenvalue weighted by Gasteiger charge is 2.17. The van der Waals surface area contributed by atoms with E-state index in [1.54, 1.807) is 0 Å². The van der Waals surface area contributed by atoms with Crippen LogP contribution in [0.1, 0.15) is 22.3 Å². The van der Waals surface area contributed by atoms with Crippen LogP contribution >= 0.6 is 0 Å². The van der Waals surface area contributed by atoms with Crippen LogP contribution < -0.4 is 0 Å². The number of hydrogen-bond donors (Lipinski definition) is 0. The lowest BCUT2D eigenvalue weighted by Gasteiger charge is -2.35. The standard InChI is InChI=1S/C16H24N2/c1-12-6-7-16(14(3)13(12)2)15(4)18-10-8-17(5)9-11-18/h6-7H,4,8-11H2,1-3,5H3. The molecule has 0 bridgehead atoms. The van der Waals surface area contributed by atoms with Gasteiger partial charge in [0.15, 0.2) is 0 Å². The Bertz CT molecular complexity index is 454. The average Bonchev–Trinajstić information content (AvgIpc) is 2.36. The van der Waals surface area contributed by atoms with E-state index in [-0.39, 0.29) is 0 Å². The van der Waals surface area contributed by atoms with E-state index in [2.05, 4.69) is 56.3 Å². The molecule has 0 aromatic heterocycles. The van der Waals surface area contributed by atoms with Crippen molar-refractivity contribution in [2.45, 2.75) is 20.8 Å². The molecule has 0 amide bonds. The van der Waals surface area contributed by atoms with Crippen molar-refractivity contribution in [1.29, 1.82) is 0 Å². The van der Waals surface area contributed by atoms with Crippen LogP contribution in [-0.2, 0) is 0 Å². The molecular formula is C16H24N2. The number of benzene rings is 1. The van der Waals surface area contributed by atoms with Crippen LogP contribution in [0, 0.1) is 20.8 Å². The van der Waals surface area contributed by atoms with Gasteiger partial charge >= 0.3 is 0 Å². The third kappa shape index (κ3) is 2.44. The molecule has 1 aromatic carbocycles. The van der Waals surface area contributed by atoms with E-state index in [0.717, 1.165) is 26.2 Å². The Labute approximate surface area is 111 Å². The number of hydrogen-bond acceptors (Lipinski definition) is 2. The Morgan fingerprint density at radius 1 is 1.00 bits per heavy atom. The lowest BCUT2D eigenvalue weighted by molar-refractivity contribution is 0.207. The van der Waals surface area contributed by atoms with Gasteiger partial charge in [-0.05, 0) is 44.5 Å². The predicted molar refractivity (Wildman–Crippen MR) is 78.8 cm³/mol. The van der Waals surface area contributed by atoms with Crippen LogP contribution in [-0.4, -0.2) is 43.0 Å². The van der Waals surface area contributed by atoms with E-state index >= 15 is 0 Å². The quantitative estimate of drug-likeness (QED) is 0.789. The fourth-order valence-electron chi connectivity index (χ4n) is 2.52. The molecule has 1 aliphatic heterocycles. The molecule has 1 fully saturated rings. The van der Waals surface area contributed by atoms with E-state index in [1.165, 1.54) is 28.0 Å². The molecule has 0 spiro atoms. The molecule has 1 heterocycles. The summed E-state index contributed by atoms with van der Waals surface area (Å²) in [6.45, 7) is 15.3. The van der Waals surface area contributed by atoms with Crippen LogP contribution in [0.25, 0.3) is 5.70 Å². The summed E-state index contributed by atoms with van der Waals surface area (Å²) in [5, 5.41) is 0. The van der Waals surface area contributed by atoms with Crippen LogP contribution in [0.4, 0.5) is 0 Å². The molecule has 98 valence electrons. The highest BCUT2D eigenvalue weighted by Crippen LogP contribution is 2.25. The van der Waals surface area contributed by atoms with Gasteiger partial charge in [-0.3, -0.25) is 0 Å². The Morgan fingerprint density at radius 3 is 2.22 bits per heavy atom. The molecule has 2 nitrogen and oxygen atoms in total. The van der Waals surface area contributed by atoms with Crippen molar-refractivity contribution in [3.8, 4) is 0 Å². The maximum Gasteiger partial charge on any atom is 0.0370 e. The van der Waals surface area contributed by atoms with Crippen LogP contribution in [0.3, 0.4) is 0 Å². The second kappa shape index (κ2) is 5.15. The summed E-state index contributed by atoms with van der Waals surface area (Å²) in [6.07, 6.45) is 0. The highest BCUT2D eigenvalue weighted by atomic mass is 15.2. The Kier molecular flexibility index (Phi) is 3.76. The molecule has 2 heteroatoms. The zero-order chi connectivity index (χ0) is 13.3. The molecule has 0 N–H and O–H groups in total. The first kappa shape index (κ1) is 13.2. The Hall–Kier alpha value is -1.28. The Balaban J connectivity index is 2.21. The monoisotopic (exact) mass is 244 g/mol. The van der Waals surface area contributed by atoms with Gasteiger partial charge in [0.2, 0.25) is 0 Å². The van der Waals surface area contributed by atoms with Crippen molar-refractivity contribution in [3.05, 3.63) is 41.0 Å². The first-order valence-corrected chi connectivity index (χ1v) is 6.70. The molecule has 1 saturated heterocycles. The molecule has 2 rings (SSSR count). The molecule has 0 radical (unpaired) electrons. The normalized spacial score (nSPS) is 17.0. The zero-order valence-corrected chi connectivity index (χ0v) is 12.1. The van der Waals surface area contributed by atoms with Gasteiger partial charge in [0.25, 0.3) is 0 Å². The molecule has 1 aliphatic rings. The third-order valence-corrected chi connectivity index (χ3v) is 4.25. The van der Waals surface area contributed by atoms with E-state index in [9.17, 15) is 0 Å². The lowest BCUT2D eigenvalue weighted by Crippen LogP contribution is -2.43. The van der Waals surface area contributed by atoms with Crippen molar-refractivity contribution in [3.63, 3.8) is 0 Å². The van der Waals surface area contributed by atoms with Crippen molar-refractivity contribution in [2.75, 3.05) is 33.2 Å². The van der Waals surface area contributed by atoms with E-state index in [0.29, 0.717) is 0 Å². The first-order chi connectivity index (χ1) is 8.50. The predicted octanol–water partition coefficient (Wildman–Crippen LogP) is 2.83. The van der Waals surface area contributed by atoms with Crippen LogP contribution in [0.2, 0.25) is 0 Å². The minimum absolute atomic E-state index is 1.09. The maximum absolute atomic E-state index is 4.31. The summed E-state index contributed by atoms with van der Waals surface area (Å²) >= 11 is 0. The second-order valence-corrected chi connectivity index (χ2v) is 5.42. The maximum atomic E-state index is 4.31. The van der Waals surface area contributed by atoms with Gasteiger partial charge in [0, 0.05) is 37.4 Å². The summed E-state index contributed by atoms with van der Waals surface area (Å²) in [4.78, 5) is 4.79. The van der Waals surface area contributed by atoms with Gasteiger partial charge in [-0.2, -0.15) is 0 Å². The summed E-state index contributed by atoms with van der Waals surface area (Å²) < 4.78 is 0. The molecule has 1 aromatic rings. The smallest absolute Gasteiger partial charge is 0.0370 e. The van der Waals surface area contributed by atoms with Gasteiger partial charge in [-0.1, -0.05) is 18.7 Å². The summed E-state index contributed by atoms with van der Waals surface area (Å²) in [6, 6.07) is 4.43. The fraction of sp³-hybridized carbons (Fsp3) is 0.500. The van der Waals surface area contributed by atoms with E-state index in [1.807, 2.05) is 0 Å². The molecule has 0 aliphatic carbocycles. The van der Waals surface area contributed by atoms with Gasteiger partial charge in [-0.15, -0.1) is 0 Å². The fourth-order valence-corrected chi connectivity index (χ4v) is 2.52. The second-order valence-electron chi connectivity index (χ2n) is 5.42. The number of likely N-dealkylation sites (N-methyl/N-ethyl adjacent to an activating group) is 1. The highest BCUT2D eigenvalue weighted by molar-refractivity contribution is 5.66.